The predicted octanol–water partition coefficient (Wildman–Crippen LogP) is 1.07. The summed E-state index contributed by atoms with van der Waals surface area (Å²) < 4.78 is 1.96. The normalized spacial score (nSPS) is 9.83. The van der Waals surface area contributed by atoms with E-state index in [1.165, 1.54) is 0 Å². The fourth-order valence-electron chi connectivity index (χ4n) is 1.15. The van der Waals surface area contributed by atoms with E-state index in [2.05, 4.69) is 16.3 Å². The van der Waals surface area contributed by atoms with Crippen molar-refractivity contribution in [2.45, 2.75) is 6.92 Å². The fourth-order valence-corrected chi connectivity index (χ4v) is 1.15. The van der Waals surface area contributed by atoms with E-state index < -0.39 is 0 Å². The third kappa shape index (κ3) is 1.43. The Morgan fingerprint density at radius 2 is 2.17 bits per heavy atom. The van der Waals surface area contributed by atoms with E-state index in [0.29, 0.717) is 0 Å². The molecule has 2 heterocycles. The molecule has 1 radical (unpaired) electrons. The van der Waals surface area contributed by atoms with Crippen molar-refractivity contribution in [1.82, 2.24) is 14.5 Å². The van der Waals surface area contributed by atoms with Crippen molar-refractivity contribution in [3.8, 4) is 0 Å². The monoisotopic (exact) mass is 235 g/mol. The van der Waals surface area contributed by atoms with Crippen LogP contribution in [0, 0.1) is 13.3 Å². The van der Waals surface area contributed by atoms with Crippen LogP contribution in [0.2, 0.25) is 0 Å². The molecule has 0 bridgehead atoms. The minimum absolute atomic E-state index is 0. The average Bonchev–Trinajstić information content (AvgIpc) is 2.35. The molecule has 0 unspecified atom stereocenters. The van der Waals surface area contributed by atoms with Gasteiger partial charge in [0.2, 0.25) is 0 Å². The SMILES string of the molecule is Cc1n[c-]nc2c1ccn2C.[Y]. The van der Waals surface area contributed by atoms with Crippen molar-refractivity contribution in [2.24, 2.45) is 7.05 Å². The first-order valence-electron chi connectivity index (χ1n) is 3.45. The van der Waals surface area contributed by atoms with Crippen LogP contribution in [0.4, 0.5) is 0 Å². The van der Waals surface area contributed by atoms with Gasteiger partial charge in [-0.1, -0.05) is 24.1 Å². The van der Waals surface area contributed by atoms with E-state index in [1.807, 2.05) is 30.8 Å². The van der Waals surface area contributed by atoms with E-state index in [-0.39, 0.29) is 32.7 Å². The van der Waals surface area contributed by atoms with Crippen LogP contribution < -0.4 is 0 Å². The molecule has 0 aliphatic heterocycles. The van der Waals surface area contributed by atoms with Gasteiger partial charge in [-0.2, -0.15) is 0 Å². The zero-order valence-corrected chi connectivity index (χ0v) is 9.91. The minimum Gasteiger partial charge on any atom is -0.388 e. The number of hydrogen-bond donors (Lipinski definition) is 0. The average molecular weight is 235 g/mol. The van der Waals surface area contributed by atoms with Crippen molar-refractivity contribution < 1.29 is 32.7 Å². The molecule has 0 aliphatic carbocycles. The Bertz CT molecular complexity index is 394. The predicted molar refractivity (Wildman–Crippen MR) is 42.1 cm³/mol. The maximum absolute atomic E-state index is 4.03. The molecule has 0 atom stereocenters. The minimum atomic E-state index is 0. The molecule has 0 amide bonds. The largest absolute Gasteiger partial charge is 0.388 e. The number of aryl methyl sites for hydroxylation is 2. The van der Waals surface area contributed by atoms with Crippen LogP contribution in [0.1, 0.15) is 5.69 Å². The molecule has 0 aliphatic rings. The van der Waals surface area contributed by atoms with Gasteiger partial charge in [-0.25, -0.2) is 0 Å². The second-order valence-corrected chi connectivity index (χ2v) is 2.57. The van der Waals surface area contributed by atoms with Gasteiger partial charge in [0.25, 0.3) is 0 Å². The van der Waals surface area contributed by atoms with Crippen LogP contribution in [0.5, 0.6) is 0 Å². The van der Waals surface area contributed by atoms with Gasteiger partial charge in [-0.3, -0.25) is 0 Å². The summed E-state index contributed by atoms with van der Waals surface area (Å²) in [6, 6.07) is 2.01. The molecular weight excluding hydrogens is 227 g/mol. The molecule has 3 nitrogen and oxygen atoms in total. The first kappa shape index (κ1) is 9.81. The Hall–Kier alpha value is -0.276. The summed E-state index contributed by atoms with van der Waals surface area (Å²) in [7, 11) is 1.96. The third-order valence-electron chi connectivity index (χ3n) is 1.80. The summed E-state index contributed by atoms with van der Waals surface area (Å²) in [5, 5.41) is 1.10. The van der Waals surface area contributed by atoms with Crippen LogP contribution >= 0.6 is 0 Å². The number of hydrogen-bond acceptors (Lipinski definition) is 2. The molecule has 2 rings (SSSR count). The van der Waals surface area contributed by atoms with Gasteiger partial charge in [0, 0.05) is 44.7 Å². The van der Waals surface area contributed by atoms with Gasteiger partial charge < -0.3 is 14.5 Å². The van der Waals surface area contributed by atoms with Crippen molar-refractivity contribution in [3.63, 3.8) is 0 Å². The van der Waals surface area contributed by atoms with Crippen LogP contribution in [0.3, 0.4) is 0 Å². The Morgan fingerprint density at radius 3 is 2.83 bits per heavy atom. The zero-order valence-electron chi connectivity index (χ0n) is 7.07. The Labute approximate surface area is 96.1 Å². The molecule has 0 saturated carbocycles. The third-order valence-corrected chi connectivity index (χ3v) is 1.80. The number of aromatic nitrogens is 3. The molecule has 0 spiro atoms. The Morgan fingerprint density at radius 1 is 1.42 bits per heavy atom. The van der Waals surface area contributed by atoms with Crippen molar-refractivity contribution in [2.75, 3.05) is 0 Å². The molecule has 0 saturated heterocycles. The van der Waals surface area contributed by atoms with Crippen LogP contribution in [0.25, 0.3) is 11.0 Å². The van der Waals surface area contributed by atoms with Crippen LogP contribution in [-0.4, -0.2) is 14.5 Å². The topological polar surface area (TPSA) is 30.7 Å². The van der Waals surface area contributed by atoms with Crippen molar-refractivity contribution >= 4 is 11.0 Å². The quantitative estimate of drug-likeness (QED) is 0.639. The molecule has 0 fully saturated rings. The fraction of sp³-hybridized carbons (Fsp3) is 0.250. The van der Waals surface area contributed by atoms with Crippen LogP contribution in [-0.2, 0) is 39.8 Å². The molecule has 0 aromatic carbocycles. The molecule has 2 aromatic rings. The number of nitrogens with zero attached hydrogens (tertiary/aromatic N) is 3. The molecule has 12 heavy (non-hydrogen) atoms. The number of rotatable bonds is 0. The summed E-state index contributed by atoms with van der Waals surface area (Å²) in [4.78, 5) is 8.00. The van der Waals surface area contributed by atoms with Gasteiger partial charge in [-0.15, -0.1) is 0 Å². The van der Waals surface area contributed by atoms with Crippen molar-refractivity contribution in [3.05, 3.63) is 24.3 Å². The molecule has 59 valence electrons. The van der Waals surface area contributed by atoms with E-state index in [1.54, 1.807) is 0 Å². The van der Waals surface area contributed by atoms with E-state index >= 15 is 0 Å². The molecule has 0 N–H and O–H groups in total. The van der Waals surface area contributed by atoms with E-state index in [0.717, 1.165) is 16.7 Å². The Kier molecular flexibility index (Phi) is 2.96. The van der Waals surface area contributed by atoms with Gasteiger partial charge in [0.15, 0.2) is 0 Å². The number of fused-ring (bicyclic) bond motifs is 1. The van der Waals surface area contributed by atoms with E-state index in [4.69, 9.17) is 0 Å². The second-order valence-electron chi connectivity index (χ2n) is 2.57. The summed E-state index contributed by atoms with van der Waals surface area (Å²) in [6.45, 7) is 1.96. The van der Waals surface area contributed by atoms with Crippen LogP contribution in [0.15, 0.2) is 12.3 Å². The van der Waals surface area contributed by atoms with Crippen molar-refractivity contribution in [1.29, 1.82) is 0 Å². The summed E-state index contributed by atoms with van der Waals surface area (Å²) >= 11 is 0. The second kappa shape index (κ2) is 3.63. The van der Waals surface area contributed by atoms with Gasteiger partial charge in [0.1, 0.15) is 0 Å². The standard InChI is InChI=1S/C8H8N3.Y/c1-6-7-3-4-11(2)8(7)10-5-9-6;/h3-4H,1-2H3;/q-1;. The smallest absolute Gasteiger partial charge is 0.0284 e. The summed E-state index contributed by atoms with van der Waals surface area (Å²) in [5.74, 6) is 0. The summed E-state index contributed by atoms with van der Waals surface area (Å²) in [6.07, 6.45) is 4.58. The molecular formula is C8H8N3Y-. The first-order valence-corrected chi connectivity index (χ1v) is 3.45. The van der Waals surface area contributed by atoms with Gasteiger partial charge >= 0.3 is 0 Å². The molecule has 4 heteroatoms. The maximum atomic E-state index is 4.03. The summed E-state index contributed by atoms with van der Waals surface area (Å²) in [5.41, 5.74) is 1.92. The first-order chi connectivity index (χ1) is 5.29. The van der Waals surface area contributed by atoms with Gasteiger partial charge in [0.05, 0.1) is 0 Å². The molecule has 2 aromatic heterocycles. The zero-order chi connectivity index (χ0) is 7.84. The Balaban J connectivity index is 0.000000720. The van der Waals surface area contributed by atoms with Gasteiger partial charge in [-0.05, 0) is 13.2 Å². The van der Waals surface area contributed by atoms with E-state index in [9.17, 15) is 0 Å². The maximum Gasteiger partial charge on any atom is 0.0284 e.